The van der Waals surface area contributed by atoms with E-state index in [1.165, 1.54) is 0 Å². The normalized spacial score (nSPS) is 29.5. The molecule has 2 amide bonds. The molecule has 4 atom stereocenters. The van der Waals surface area contributed by atoms with E-state index in [1.807, 2.05) is 11.8 Å². The number of hydrogen-bond acceptors (Lipinski definition) is 4. The van der Waals surface area contributed by atoms with Crippen molar-refractivity contribution in [2.24, 2.45) is 11.8 Å². The van der Waals surface area contributed by atoms with Crippen LogP contribution in [0, 0.1) is 11.8 Å². The minimum Gasteiger partial charge on any atom is -0.393 e. The van der Waals surface area contributed by atoms with E-state index in [4.69, 9.17) is 0 Å². The Balaban J connectivity index is 1.91. The first-order valence-corrected chi connectivity index (χ1v) is 8.15. The van der Waals surface area contributed by atoms with Crippen LogP contribution >= 0.6 is 0 Å². The molecule has 4 unspecified atom stereocenters. The van der Waals surface area contributed by atoms with E-state index in [0.717, 1.165) is 26.2 Å². The van der Waals surface area contributed by atoms with Gasteiger partial charge >= 0.3 is 0 Å². The van der Waals surface area contributed by atoms with Crippen LogP contribution in [0.1, 0.15) is 34.6 Å². The first-order chi connectivity index (χ1) is 10.1. The second kappa shape index (κ2) is 6.16. The molecule has 2 heterocycles. The summed E-state index contributed by atoms with van der Waals surface area (Å²) < 4.78 is 0. The lowest BCUT2D eigenvalue weighted by atomic mass is 9.78. The van der Waals surface area contributed by atoms with Crippen molar-refractivity contribution in [1.82, 2.24) is 15.1 Å². The van der Waals surface area contributed by atoms with Crippen molar-refractivity contribution >= 4 is 11.8 Å². The zero-order valence-corrected chi connectivity index (χ0v) is 14.3. The standard InChI is InChI=1S/C16H29N3O3/c1-10(13-12(11(2)20)14(21)17-13)15(22)18-6-8-19(9-7-18)16(3,4)5/h10-13,20H,6-9H2,1-5H3,(H,17,21). The molecule has 6 nitrogen and oxygen atoms in total. The van der Waals surface area contributed by atoms with E-state index < -0.39 is 12.0 Å². The molecule has 126 valence electrons. The summed E-state index contributed by atoms with van der Waals surface area (Å²) in [7, 11) is 0. The van der Waals surface area contributed by atoms with Gasteiger partial charge in [-0.2, -0.15) is 0 Å². The van der Waals surface area contributed by atoms with Gasteiger partial charge in [-0.3, -0.25) is 14.5 Å². The number of β-lactam (4-membered cyclic amide) rings is 1. The highest BCUT2D eigenvalue weighted by molar-refractivity contribution is 5.90. The van der Waals surface area contributed by atoms with Gasteiger partial charge in [-0.1, -0.05) is 6.92 Å². The molecular weight excluding hydrogens is 282 g/mol. The monoisotopic (exact) mass is 311 g/mol. The van der Waals surface area contributed by atoms with Crippen LogP contribution in [0.25, 0.3) is 0 Å². The molecule has 2 fully saturated rings. The topological polar surface area (TPSA) is 72.9 Å². The highest BCUT2D eigenvalue weighted by Crippen LogP contribution is 2.27. The van der Waals surface area contributed by atoms with Gasteiger partial charge in [-0.05, 0) is 27.7 Å². The highest BCUT2D eigenvalue weighted by atomic mass is 16.3. The fourth-order valence-corrected chi connectivity index (χ4v) is 3.41. The SMILES string of the molecule is CC(O)C1C(=O)NC1C(C)C(=O)N1CCN(C(C)(C)C)CC1. The average molecular weight is 311 g/mol. The van der Waals surface area contributed by atoms with Gasteiger partial charge in [0.2, 0.25) is 11.8 Å². The number of carbonyl (C=O) groups is 2. The third-order valence-corrected chi connectivity index (χ3v) is 4.99. The summed E-state index contributed by atoms with van der Waals surface area (Å²) >= 11 is 0. The maximum atomic E-state index is 12.6. The molecule has 0 aliphatic carbocycles. The van der Waals surface area contributed by atoms with Crippen LogP contribution in [0.15, 0.2) is 0 Å². The van der Waals surface area contributed by atoms with Crippen molar-refractivity contribution in [3.63, 3.8) is 0 Å². The lowest BCUT2D eigenvalue weighted by molar-refractivity contribution is -0.149. The van der Waals surface area contributed by atoms with Crippen LogP contribution in [0.2, 0.25) is 0 Å². The number of carbonyl (C=O) groups excluding carboxylic acids is 2. The Bertz CT molecular complexity index is 436. The van der Waals surface area contributed by atoms with E-state index >= 15 is 0 Å². The zero-order chi connectivity index (χ0) is 16.7. The van der Waals surface area contributed by atoms with E-state index in [0.29, 0.717) is 0 Å². The molecule has 0 radical (unpaired) electrons. The van der Waals surface area contributed by atoms with Crippen LogP contribution in [-0.2, 0) is 9.59 Å². The molecule has 2 N–H and O–H groups in total. The Morgan fingerprint density at radius 2 is 1.77 bits per heavy atom. The minimum absolute atomic E-state index is 0.0733. The molecule has 2 aliphatic heterocycles. The molecule has 2 saturated heterocycles. The molecule has 0 aromatic heterocycles. The summed E-state index contributed by atoms with van der Waals surface area (Å²) in [6, 6.07) is -0.249. The fraction of sp³-hybridized carbons (Fsp3) is 0.875. The Labute approximate surface area is 132 Å². The van der Waals surface area contributed by atoms with Gasteiger partial charge < -0.3 is 15.3 Å². The molecular formula is C16H29N3O3. The Kier molecular flexibility index (Phi) is 4.82. The molecule has 6 heteroatoms. The maximum absolute atomic E-state index is 12.6. The number of nitrogens with zero attached hydrogens (tertiary/aromatic N) is 2. The van der Waals surface area contributed by atoms with Gasteiger partial charge in [0.1, 0.15) is 0 Å². The van der Waals surface area contributed by atoms with Gasteiger partial charge in [0, 0.05) is 31.7 Å². The Morgan fingerprint density at radius 1 is 1.23 bits per heavy atom. The lowest BCUT2D eigenvalue weighted by Crippen LogP contribution is -2.67. The first kappa shape index (κ1) is 17.2. The van der Waals surface area contributed by atoms with Crippen LogP contribution < -0.4 is 5.32 Å². The molecule has 0 aromatic rings. The van der Waals surface area contributed by atoms with Crippen molar-refractivity contribution < 1.29 is 14.7 Å². The molecule has 2 aliphatic rings. The summed E-state index contributed by atoms with van der Waals surface area (Å²) in [5.41, 5.74) is 0.125. The number of aliphatic hydroxyl groups excluding tert-OH is 1. The average Bonchev–Trinajstić information content (AvgIpc) is 2.41. The molecule has 2 rings (SSSR count). The number of hydrogen-bond donors (Lipinski definition) is 2. The third-order valence-electron chi connectivity index (χ3n) is 4.99. The van der Waals surface area contributed by atoms with Crippen LogP contribution in [-0.4, -0.2) is 70.6 Å². The van der Waals surface area contributed by atoms with Crippen LogP contribution in [0.4, 0.5) is 0 Å². The van der Waals surface area contributed by atoms with E-state index in [-0.39, 0.29) is 29.3 Å². The largest absolute Gasteiger partial charge is 0.393 e. The molecule has 22 heavy (non-hydrogen) atoms. The molecule has 0 aromatic carbocycles. The van der Waals surface area contributed by atoms with Crippen LogP contribution in [0.3, 0.4) is 0 Å². The number of piperazine rings is 1. The quantitative estimate of drug-likeness (QED) is 0.723. The van der Waals surface area contributed by atoms with Crippen molar-refractivity contribution in [1.29, 1.82) is 0 Å². The van der Waals surface area contributed by atoms with Gasteiger partial charge in [-0.25, -0.2) is 0 Å². The van der Waals surface area contributed by atoms with Gasteiger partial charge in [0.25, 0.3) is 0 Å². The van der Waals surface area contributed by atoms with Gasteiger partial charge in [-0.15, -0.1) is 0 Å². The smallest absolute Gasteiger partial charge is 0.228 e. The second-order valence-electron chi connectivity index (χ2n) is 7.57. The molecule has 0 bridgehead atoms. The Hall–Kier alpha value is -1.14. The Morgan fingerprint density at radius 3 is 2.18 bits per heavy atom. The molecule has 0 saturated carbocycles. The number of rotatable bonds is 3. The maximum Gasteiger partial charge on any atom is 0.228 e. The predicted molar refractivity (Wildman–Crippen MR) is 84.2 cm³/mol. The molecule has 0 spiro atoms. The highest BCUT2D eigenvalue weighted by Gasteiger charge is 2.48. The third kappa shape index (κ3) is 3.27. The summed E-state index contributed by atoms with van der Waals surface area (Å²) in [5, 5.41) is 12.5. The van der Waals surface area contributed by atoms with Crippen molar-refractivity contribution in [3.05, 3.63) is 0 Å². The summed E-state index contributed by atoms with van der Waals surface area (Å²) in [5.74, 6) is -0.838. The summed E-state index contributed by atoms with van der Waals surface area (Å²) in [4.78, 5) is 28.4. The van der Waals surface area contributed by atoms with Crippen molar-refractivity contribution in [2.45, 2.75) is 52.3 Å². The predicted octanol–water partition coefficient (Wildman–Crippen LogP) is 0.0606. The van der Waals surface area contributed by atoms with Crippen LogP contribution in [0.5, 0.6) is 0 Å². The first-order valence-electron chi connectivity index (χ1n) is 8.15. The number of amides is 2. The number of nitrogens with one attached hydrogen (secondary N) is 1. The number of aliphatic hydroxyl groups is 1. The second-order valence-corrected chi connectivity index (χ2v) is 7.57. The van der Waals surface area contributed by atoms with E-state index in [2.05, 4.69) is 31.0 Å². The fourth-order valence-electron chi connectivity index (χ4n) is 3.41. The zero-order valence-electron chi connectivity index (χ0n) is 14.3. The summed E-state index contributed by atoms with van der Waals surface area (Å²) in [6.45, 7) is 13.2. The minimum atomic E-state index is -0.716. The van der Waals surface area contributed by atoms with Crippen molar-refractivity contribution in [3.8, 4) is 0 Å². The van der Waals surface area contributed by atoms with E-state index in [9.17, 15) is 14.7 Å². The van der Waals surface area contributed by atoms with Crippen molar-refractivity contribution in [2.75, 3.05) is 26.2 Å². The summed E-state index contributed by atoms with van der Waals surface area (Å²) in [6.07, 6.45) is -0.716. The lowest BCUT2D eigenvalue weighted by Gasteiger charge is -2.45. The van der Waals surface area contributed by atoms with Gasteiger partial charge in [0.05, 0.1) is 24.0 Å². The van der Waals surface area contributed by atoms with E-state index in [1.54, 1.807) is 6.92 Å². The van der Waals surface area contributed by atoms with Gasteiger partial charge in [0.15, 0.2) is 0 Å².